The Kier molecular flexibility index (Phi) is 9.72. The molecule has 4 amide bonds. The number of hydrogen-bond donors (Lipinski definition) is 2. The lowest BCUT2D eigenvalue weighted by molar-refractivity contribution is -0.152. The van der Waals surface area contributed by atoms with Crippen molar-refractivity contribution in [3.63, 3.8) is 0 Å². The van der Waals surface area contributed by atoms with Gasteiger partial charge in [0.15, 0.2) is 0 Å². The number of nitrogens with one attached hydrogen (secondary N) is 2. The largest absolute Gasteiger partial charge is 0.378 e. The summed E-state index contributed by atoms with van der Waals surface area (Å²) in [5.41, 5.74) is 0.0628. The number of aromatic nitrogens is 1. The smallest absolute Gasteiger partial charge is 0.265 e. The van der Waals surface area contributed by atoms with E-state index >= 15 is 0 Å². The van der Waals surface area contributed by atoms with Gasteiger partial charge in [0.05, 0.1) is 24.3 Å². The molecule has 11 nitrogen and oxygen atoms in total. The second kappa shape index (κ2) is 13.0. The van der Waals surface area contributed by atoms with E-state index in [0.29, 0.717) is 49.3 Å². The highest BCUT2D eigenvalue weighted by Crippen LogP contribution is 2.54. The Hall–Kier alpha value is -2.57. The fraction of sp³-hybridized carbons (Fsp3) is 0.781. The lowest BCUT2D eigenvalue weighted by Crippen LogP contribution is -2.65. The molecule has 44 heavy (non-hydrogen) atoms. The molecular weight excluding hydrogens is 582 g/mol. The molecule has 0 bridgehead atoms. The van der Waals surface area contributed by atoms with Gasteiger partial charge in [-0.05, 0) is 44.4 Å². The first-order chi connectivity index (χ1) is 20.9. The molecule has 4 aliphatic rings. The molecule has 2 N–H and O–H groups in total. The van der Waals surface area contributed by atoms with Crippen LogP contribution in [0.1, 0.15) is 79.7 Å². The normalized spacial score (nSPS) is 25.3. The van der Waals surface area contributed by atoms with Crippen molar-refractivity contribution in [1.82, 2.24) is 25.4 Å². The van der Waals surface area contributed by atoms with Gasteiger partial charge >= 0.3 is 0 Å². The van der Waals surface area contributed by atoms with Crippen LogP contribution in [0.25, 0.3) is 0 Å². The Morgan fingerprint density at radius 2 is 1.73 bits per heavy atom. The van der Waals surface area contributed by atoms with Crippen molar-refractivity contribution in [2.24, 2.45) is 28.6 Å². The number of rotatable bonds is 11. The van der Waals surface area contributed by atoms with Gasteiger partial charge < -0.3 is 29.9 Å². The zero-order chi connectivity index (χ0) is 31.8. The third-order valence-electron chi connectivity index (χ3n) is 10.3. The summed E-state index contributed by atoms with van der Waals surface area (Å²) < 4.78 is 11.4. The highest BCUT2D eigenvalue weighted by atomic mass is 32.1. The molecule has 2 saturated carbocycles. The molecule has 1 aromatic rings. The maximum atomic E-state index is 14.1. The van der Waals surface area contributed by atoms with Gasteiger partial charge in [0.25, 0.3) is 5.91 Å². The van der Waals surface area contributed by atoms with E-state index in [1.54, 1.807) is 19.1 Å². The number of amides is 4. The van der Waals surface area contributed by atoms with Crippen LogP contribution in [0.3, 0.4) is 0 Å². The van der Waals surface area contributed by atoms with Crippen LogP contribution < -0.4 is 10.6 Å². The Labute approximate surface area is 264 Å². The predicted molar refractivity (Wildman–Crippen MR) is 166 cm³/mol. The van der Waals surface area contributed by atoms with Gasteiger partial charge in [0.1, 0.15) is 15.9 Å². The standard InChI is InChI=1S/C32H49N5O6S/c1-19-26(44-24(34-19)15-42-6)30(41)36-13-23(32(16-36)17-37(18-32)29(40)22-12-31(22,3)4)27(38)35-25(28(39)33-5)20(2)43-14-21-10-8-7-9-11-21/h20-23,25H,7-18H2,1-6H3,(H,33,39)(H,35,38)/t20-,22-,23+,25+/m1/s1. The van der Waals surface area contributed by atoms with E-state index in [9.17, 15) is 19.2 Å². The molecule has 3 heterocycles. The first-order valence-electron chi connectivity index (χ1n) is 16.1. The number of likely N-dealkylation sites (tertiary alicyclic amines) is 2. The first-order valence-corrected chi connectivity index (χ1v) is 16.9. The minimum atomic E-state index is -0.872. The molecule has 1 aromatic heterocycles. The lowest BCUT2D eigenvalue weighted by Gasteiger charge is -2.50. The highest BCUT2D eigenvalue weighted by Gasteiger charge is 2.62. The van der Waals surface area contributed by atoms with E-state index in [0.717, 1.165) is 24.3 Å². The number of ether oxygens (including phenoxy) is 2. The number of aryl methyl sites for hydroxylation is 1. The molecule has 244 valence electrons. The number of thiazole rings is 1. The zero-order valence-corrected chi connectivity index (χ0v) is 27.9. The van der Waals surface area contributed by atoms with Gasteiger partial charge in [-0.25, -0.2) is 4.98 Å². The van der Waals surface area contributed by atoms with Crippen LogP contribution in [0.15, 0.2) is 0 Å². The molecule has 2 saturated heterocycles. The minimum Gasteiger partial charge on any atom is -0.378 e. The second-order valence-electron chi connectivity index (χ2n) is 14.1. The summed E-state index contributed by atoms with van der Waals surface area (Å²) in [6, 6.07) is -0.872. The van der Waals surface area contributed by atoms with Crippen LogP contribution in [0, 0.1) is 35.5 Å². The van der Waals surface area contributed by atoms with Crippen molar-refractivity contribution >= 4 is 35.0 Å². The number of carbonyl (C=O) groups excluding carboxylic acids is 4. The highest BCUT2D eigenvalue weighted by molar-refractivity contribution is 7.13. The lowest BCUT2D eigenvalue weighted by atomic mass is 9.70. The van der Waals surface area contributed by atoms with Crippen molar-refractivity contribution in [2.75, 3.05) is 46.9 Å². The van der Waals surface area contributed by atoms with Crippen LogP contribution in [0.5, 0.6) is 0 Å². The van der Waals surface area contributed by atoms with E-state index < -0.39 is 23.5 Å². The molecule has 2 aliphatic heterocycles. The average molecular weight is 632 g/mol. The molecule has 4 atom stereocenters. The molecule has 0 radical (unpaired) electrons. The Morgan fingerprint density at radius 1 is 1.07 bits per heavy atom. The van der Waals surface area contributed by atoms with Gasteiger partial charge in [0, 0.05) is 58.3 Å². The van der Waals surface area contributed by atoms with Gasteiger partial charge in [-0.3, -0.25) is 19.2 Å². The third-order valence-corrected chi connectivity index (χ3v) is 11.4. The summed E-state index contributed by atoms with van der Waals surface area (Å²) in [5.74, 6) is -0.752. The van der Waals surface area contributed by atoms with Gasteiger partial charge in [0.2, 0.25) is 17.7 Å². The maximum Gasteiger partial charge on any atom is 0.265 e. The summed E-state index contributed by atoms with van der Waals surface area (Å²) in [6.07, 6.45) is 6.24. The Balaban J connectivity index is 1.32. The summed E-state index contributed by atoms with van der Waals surface area (Å²) in [5, 5.41) is 6.40. The molecule has 5 rings (SSSR count). The van der Waals surface area contributed by atoms with Crippen molar-refractivity contribution in [3.8, 4) is 0 Å². The number of methoxy groups -OCH3 is 1. The van der Waals surface area contributed by atoms with Gasteiger partial charge in [-0.15, -0.1) is 11.3 Å². The van der Waals surface area contributed by atoms with Crippen LogP contribution in [0.2, 0.25) is 0 Å². The molecule has 0 aromatic carbocycles. The minimum absolute atomic E-state index is 0.00473. The van der Waals surface area contributed by atoms with E-state index in [2.05, 4.69) is 29.5 Å². The molecule has 0 unspecified atom stereocenters. The van der Waals surface area contributed by atoms with E-state index in [1.165, 1.54) is 30.6 Å². The van der Waals surface area contributed by atoms with Crippen LogP contribution in [-0.4, -0.2) is 97.5 Å². The molecule has 2 aliphatic carbocycles. The summed E-state index contributed by atoms with van der Waals surface area (Å²) >= 11 is 1.31. The number of likely N-dealkylation sites (N-methyl/N-ethyl adjacent to an activating group) is 1. The van der Waals surface area contributed by atoms with Crippen LogP contribution in [-0.2, 0) is 30.5 Å². The molecule has 4 fully saturated rings. The average Bonchev–Trinajstić information content (AvgIpc) is 3.28. The Bertz CT molecular complexity index is 1250. The van der Waals surface area contributed by atoms with E-state index in [1.807, 2.05) is 18.7 Å². The number of hydrogen-bond acceptors (Lipinski definition) is 8. The predicted octanol–water partition coefficient (Wildman–Crippen LogP) is 2.76. The maximum absolute atomic E-state index is 14.1. The van der Waals surface area contributed by atoms with E-state index in [-0.39, 0.29) is 41.5 Å². The summed E-state index contributed by atoms with van der Waals surface area (Å²) in [4.78, 5) is 62.7. The molecular formula is C32H49N5O6S. The van der Waals surface area contributed by atoms with Crippen LogP contribution in [0.4, 0.5) is 0 Å². The summed E-state index contributed by atoms with van der Waals surface area (Å²) in [6.45, 7) is 10.1. The molecule has 12 heteroatoms. The SMILES string of the molecule is CNC(=O)[C@@H](NC(=O)[C@@H]1CN(C(=O)c2sc(COC)nc2C)CC12CN(C(=O)[C@H]1CC1(C)C)C2)[C@@H](C)OCC1CCCCC1. The third kappa shape index (κ3) is 6.67. The van der Waals surface area contributed by atoms with E-state index in [4.69, 9.17) is 9.47 Å². The zero-order valence-electron chi connectivity index (χ0n) is 27.1. The second-order valence-corrected chi connectivity index (χ2v) is 15.2. The monoisotopic (exact) mass is 631 g/mol. The first kappa shape index (κ1) is 32.8. The fourth-order valence-corrected chi connectivity index (χ4v) is 8.31. The quantitative estimate of drug-likeness (QED) is 0.384. The number of carbonyl (C=O) groups is 4. The molecule has 1 spiro atoms. The van der Waals surface area contributed by atoms with Crippen molar-refractivity contribution in [2.45, 2.75) is 85.0 Å². The van der Waals surface area contributed by atoms with Gasteiger partial charge in [-0.1, -0.05) is 33.1 Å². The Morgan fingerprint density at radius 3 is 2.34 bits per heavy atom. The van der Waals surface area contributed by atoms with Crippen molar-refractivity contribution in [3.05, 3.63) is 15.6 Å². The summed E-state index contributed by atoms with van der Waals surface area (Å²) in [7, 11) is 3.14. The van der Waals surface area contributed by atoms with Crippen LogP contribution >= 0.6 is 11.3 Å². The topological polar surface area (TPSA) is 130 Å². The van der Waals surface area contributed by atoms with Gasteiger partial charge in [-0.2, -0.15) is 0 Å². The number of nitrogens with zero attached hydrogens (tertiary/aromatic N) is 3. The fourth-order valence-electron chi connectivity index (χ4n) is 7.31. The van der Waals surface area contributed by atoms with Crippen molar-refractivity contribution in [1.29, 1.82) is 0 Å². The van der Waals surface area contributed by atoms with Crippen molar-refractivity contribution < 1.29 is 28.7 Å².